The number of benzene rings is 1. The summed E-state index contributed by atoms with van der Waals surface area (Å²) >= 11 is 0. The number of ether oxygens (including phenoxy) is 1. The summed E-state index contributed by atoms with van der Waals surface area (Å²) in [6, 6.07) is 8.85. The average Bonchev–Trinajstić information content (AvgIpc) is 3.35. The first-order valence-corrected chi connectivity index (χ1v) is 16.6. The van der Waals surface area contributed by atoms with Crippen LogP contribution in [0.15, 0.2) is 52.2 Å². The molecule has 1 N–H and O–H groups in total. The summed E-state index contributed by atoms with van der Waals surface area (Å²) in [5, 5.41) is 13.2. The molecule has 7 nitrogen and oxygen atoms in total. The summed E-state index contributed by atoms with van der Waals surface area (Å²) in [4.78, 5) is 39.9. The molecule has 6 rings (SSSR count). The second-order valence-corrected chi connectivity index (χ2v) is 14.0. The topological polar surface area (TPSA) is 96.3 Å². The lowest BCUT2D eigenvalue weighted by Crippen LogP contribution is -2.52. The number of carbonyl (C=O) groups is 2. The second kappa shape index (κ2) is 12.3. The van der Waals surface area contributed by atoms with Gasteiger partial charge in [-0.05, 0) is 110 Å². The van der Waals surface area contributed by atoms with Crippen molar-refractivity contribution in [1.82, 2.24) is 0 Å². The van der Waals surface area contributed by atoms with Crippen LogP contribution in [0.25, 0.3) is 0 Å². The number of carbonyl (C=O) groups excluding carboxylic acids is 2. The summed E-state index contributed by atoms with van der Waals surface area (Å²) in [6.07, 6.45) is 10.6. The van der Waals surface area contributed by atoms with Gasteiger partial charge < -0.3 is 14.7 Å². The van der Waals surface area contributed by atoms with E-state index in [2.05, 4.69) is 66.1 Å². The van der Waals surface area contributed by atoms with E-state index < -0.39 is 16.8 Å². The number of allylic oxidation sites excluding steroid dienone is 3. The first-order valence-electron chi connectivity index (χ1n) is 16.6. The predicted molar refractivity (Wildman–Crippen MR) is 171 cm³/mol. The van der Waals surface area contributed by atoms with Crippen LogP contribution in [0.3, 0.4) is 0 Å². The van der Waals surface area contributed by atoms with Crippen LogP contribution < -0.4 is 4.90 Å². The lowest BCUT2D eigenvalue weighted by atomic mass is 9.47. The zero-order chi connectivity index (χ0) is 31.1. The molecule has 2 saturated carbocycles. The van der Waals surface area contributed by atoms with Crippen molar-refractivity contribution >= 4 is 17.4 Å². The van der Waals surface area contributed by atoms with Gasteiger partial charge in [0.25, 0.3) is 0 Å². The summed E-state index contributed by atoms with van der Waals surface area (Å²) < 4.78 is 5.27. The van der Waals surface area contributed by atoms with E-state index in [1.54, 1.807) is 0 Å². The molecule has 0 amide bonds. The van der Waals surface area contributed by atoms with E-state index in [9.17, 15) is 19.6 Å². The van der Waals surface area contributed by atoms with Crippen molar-refractivity contribution in [2.75, 3.05) is 31.2 Å². The van der Waals surface area contributed by atoms with Gasteiger partial charge in [0, 0.05) is 31.6 Å². The molecule has 0 radical (unpaired) electrons. The Morgan fingerprint density at radius 2 is 1.89 bits per heavy atom. The Labute approximate surface area is 261 Å². The van der Waals surface area contributed by atoms with Gasteiger partial charge in [-0.3, -0.25) is 9.59 Å². The molecule has 1 aromatic rings. The largest absolute Gasteiger partial charge is 0.458 e. The van der Waals surface area contributed by atoms with Crippen LogP contribution in [-0.2, 0) is 14.3 Å². The number of aliphatic hydroxyl groups is 1. The predicted octanol–water partition coefficient (Wildman–Crippen LogP) is 6.50. The van der Waals surface area contributed by atoms with Gasteiger partial charge in [0.1, 0.15) is 12.6 Å². The number of nitroso groups, excluding NO2 is 1. The van der Waals surface area contributed by atoms with Gasteiger partial charge >= 0.3 is 5.97 Å². The van der Waals surface area contributed by atoms with E-state index in [-0.39, 0.29) is 42.8 Å². The van der Waals surface area contributed by atoms with Crippen LogP contribution in [0, 0.1) is 45.3 Å². The number of hydrogen-bond acceptors (Lipinski definition) is 7. The number of rotatable bonds is 6. The molecule has 234 valence electrons. The Balaban J connectivity index is 1.47. The third kappa shape index (κ3) is 5.13. The van der Waals surface area contributed by atoms with E-state index in [0.717, 1.165) is 45.2 Å². The number of anilines is 1. The molecular weight excluding hydrogens is 552 g/mol. The Bertz CT molecular complexity index is 1430. The second-order valence-electron chi connectivity index (χ2n) is 14.0. The Hall–Kier alpha value is -3.24. The quantitative estimate of drug-likeness (QED) is 0.228. The van der Waals surface area contributed by atoms with Crippen molar-refractivity contribution in [3.8, 4) is 11.8 Å². The van der Waals surface area contributed by atoms with Crippen molar-refractivity contribution in [2.45, 2.75) is 90.5 Å². The van der Waals surface area contributed by atoms with Crippen LogP contribution in [0.4, 0.5) is 5.69 Å². The van der Waals surface area contributed by atoms with Crippen LogP contribution >= 0.6 is 0 Å². The molecule has 1 heterocycles. The van der Waals surface area contributed by atoms with Crippen LogP contribution in [0.5, 0.6) is 0 Å². The Morgan fingerprint density at radius 1 is 1.14 bits per heavy atom. The lowest BCUT2D eigenvalue weighted by Gasteiger charge is -2.55. The maximum Gasteiger partial charge on any atom is 0.303 e. The highest BCUT2D eigenvalue weighted by atomic mass is 16.5. The minimum absolute atomic E-state index is 0.0956. The SMILES string of the molecule is CC(=O)OCC(=O)[C@@]1(C#CCO)CC[C@H]2[C@@H]3CC(C)C4=CC(N=O)CCC4=C3C(c3ccc(N4CCCCC4)cc3)C[C@@]21C. The van der Waals surface area contributed by atoms with Gasteiger partial charge in [-0.15, -0.1) is 0 Å². The summed E-state index contributed by atoms with van der Waals surface area (Å²) in [7, 11) is 0. The van der Waals surface area contributed by atoms with E-state index in [1.165, 1.54) is 54.2 Å². The van der Waals surface area contributed by atoms with E-state index in [0.29, 0.717) is 12.3 Å². The standard InChI is InChI=1S/C37H46N2O5/c1-24-20-31-33-14-16-37(15-7-19-40,34(42)23-44-25(2)41)36(33,3)22-32(35(31)29-13-10-27(38-43)21-30(24)29)26-8-11-28(12-9-26)39-17-5-4-6-18-39/h8-9,11-12,21,24,27,31-33,40H,4-6,10,13-14,16-20,22-23H2,1-3H3/t24?,27?,31-,32?,33-,36-,37+/m0/s1. The molecule has 7 heteroatoms. The molecule has 5 aliphatic rings. The molecular formula is C37H46N2O5. The molecule has 0 bridgehead atoms. The first kappa shape index (κ1) is 30.8. The average molecular weight is 599 g/mol. The molecule has 1 aromatic carbocycles. The zero-order valence-corrected chi connectivity index (χ0v) is 26.4. The maximum atomic E-state index is 14.1. The molecule has 1 saturated heterocycles. The molecule has 4 aliphatic carbocycles. The number of nitrogens with zero attached hydrogens (tertiary/aromatic N) is 2. The van der Waals surface area contributed by atoms with Crippen molar-refractivity contribution in [2.24, 2.45) is 33.8 Å². The molecule has 7 atom stereocenters. The number of fused-ring (bicyclic) bond motifs is 4. The smallest absolute Gasteiger partial charge is 0.303 e. The highest BCUT2D eigenvalue weighted by Gasteiger charge is 2.66. The number of aliphatic hydroxyl groups excluding tert-OH is 1. The Morgan fingerprint density at radius 3 is 2.57 bits per heavy atom. The molecule has 0 aromatic heterocycles. The highest BCUT2D eigenvalue weighted by Crippen LogP contribution is 2.70. The Kier molecular flexibility index (Phi) is 8.58. The van der Waals surface area contributed by atoms with Crippen molar-refractivity contribution in [3.05, 3.63) is 57.5 Å². The van der Waals surface area contributed by atoms with Crippen LogP contribution in [0.1, 0.15) is 90.0 Å². The van der Waals surface area contributed by atoms with E-state index in [4.69, 9.17) is 4.74 Å². The third-order valence-corrected chi connectivity index (χ3v) is 11.8. The number of piperidine rings is 1. The molecule has 1 aliphatic heterocycles. The van der Waals surface area contributed by atoms with Crippen molar-refractivity contribution < 1.29 is 19.4 Å². The van der Waals surface area contributed by atoms with E-state index >= 15 is 0 Å². The minimum Gasteiger partial charge on any atom is -0.458 e. The maximum absolute atomic E-state index is 14.1. The number of Topliss-reactive ketones (excluding diaryl/α,β-unsaturated/α-hetero) is 1. The summed E-state index contributed by atoms with van der Waals surface area (Å²) in [6.45, 7) is 7.40. The summed E-state index contributed by atoms with van der Waals surface area (Å²) in [5.74, 6) is 6.42. The minimum atomic E-state index is -1.00. The van der Waals surface area contributed by atoms with Gasteiger partial charge in [0.05, 0.1) is 5.41 Å². The van der Waals surface area contributed by atoms with Crippen molar-refractivity contribution in [3.63, 3.8) is 0 Å². The fourth-order valence-electron chi connectivity index (χ4n) is 9.77. The molecule has 0 spiro atoms. The van der Waals surface area contributed by atoms with Crippen LogP contribution in [-0.4, -0.2) is 49.2 Å². The molecule has 44 heavy (non-hydrogen) atoms. The van der Waals surface area contributed by atoms with Crippen LogP contribution in [0.2, 0.25) is 0 Å². The summed E-state index contributed by atoms with van der Waals surface area (Å²) in [5.41, 5.74) is 5.23. The van der Waals surface area contributed by atoms with Gasteiger partial charge in [-0.2, -0.15) is 4.91 Å². The number of ketones is 1. The number of esters is 1. The highest BCUT2D eigenvalue weighted by molar-refractivity contribution is 5.91. The fourth-order valence-corrected chi connectivity index (χ4v) is 9.77. The molecule has 3 fully saturated rings. The van der Waals surface area contributed by atoms with E-state index in [1.807, 2.05) is 0 Å². The first-order chi connectivity index (χ1) is 21.2. The van der Waals surface area contributed by atoms with Gasteiger partial charge in [0.15, 0.2) is 12.4 Å². The molecule has 3 unspecified atom stereocenters. The zero-order valence-electron chi connectivity index (χ0n) is 26.4. The monoisotopic (exact) mass is 598 g/mol. The van der Waals surface area contributed by atoms with Crippen molar-refractivity contribution in [1.29, 1.82) is 0 Å². The fraction of sp³-hybridized carbons (Fsp3) is 0.622. The lowest BCUT2D eigenvalue weighted by molar-refractivity contribution is -0.150. The van der Waals surface area contributed by atoms with Gasteiger partial charge in [-0.25, -0.2) is 0 Å². The van der Waals surface area contributed by atoms with Gasteiger partial charge in [0.2, 0.25) is 0 Å². The third-order valence-electron chi connectivity index (χ3n) is 11.8. The normalized spacial score (nSPS) is 34.5. The number of hydrogen-bond donors (Lipinski definition) is 1. The van der Waals surface area contributed by atoms with Gasteiger partial charge in [-0.1, -0.05) is 54.6 Å².